The molecule has 0 saturated carbocycles. The first-order chi connectivity index (χ1) is 16.6. The molecule has 10 nitrogen and oxygen atoms in total. The van der Waals surface area contributed by atoms with Gasteiger partial charge in [-0.25, -0.2) is 22.8 Å². The van der Waals surface area contributed by atoms with E-state index in [4.69, 9.17) is 14.2 Å². The Kier molecular flexibility index (Phi) is 6.66. The summed E-state index contributed by atoms with van der Waals surface area (Å²) in [5.41, 5.74) is 1.62. The molecule has 0 radical (unpaired) electrons. The van der Waals surface area contributed by atoms with E-state index >= 15 is 0 Å². The summed E-state index contributed by atoms with van der Waals surface area (Å²) in [6.07, 6.45) is 1.27. The highest BCUT2D eigenvalue weighted by molar-refractivity contribution is 7.91. The predicted molar refractivity (Wildman–Crippen MR) is 130 cm³/mol. The molecule has 0 aliphatic carbocycles. The van der Waals surface area contributed by atoms with Crippen LogP contribution in [0.4, 0.5) is 10.3 Å². The van der Waals surface area contributed by atoms with Crippen LogP contribution in [-0.4, -0.2) is 60.8 Å². The summed E-state index contributed by atoms with van der Waals surface area (Å²) in [4.78, 5) is 9.14. The van der Waals surface area contributed by atoms with Crippen molar-refractivity contribution < 1.29 is 27.0 Å². The van der Waals surface area contributed by atoms with Gasteiger partial charge in [0.05, 0.1) is 32.1 Å². The summed E-state index contributed by atoms with van der Waals surface area (Å²) in [6, 6.07) is 8.22. The fourth-order valence-electron chi connectivity index (χ4n) is 3.59. The van der Waals surface area contributed by atoms with Gasteiger partial charge in [0, 0.05) is 42.3 Å². The number of nitrogens with one attached hydrogen (secondary N) is 1. The van der Waals surface area contributed by atoms with Gasteiger partial charge in [-0.2, -0.15) is 4.52 Å². The van der Waals surface area contributed by atoms with Crippen LogP contribution in [0.2, 0.25) is 0 Å². The Hall–Kier alpha value is -3.67. The fourth-order valence-corrected chi connectivity index (χ4v) is 4.04. The number of nitrogens with zero attached hydrogens (tertiary/aromatic N) is 4. The predicted octanol–water partition coefficient (Wildman–Crippen LogP) is 3.03. The van der Waals surface area contributed by atoms with Crippen LogP contribution in [0.15, 0.2) is 30.3 Å². The summed E-state index contributed by atoms with van der Waals surface area (Å²) in [7, 11) is 1.23. The maximum absolute atomic E-state index is 14.5. The van der Waals surface area contributed by atoms with Crippen LogP contribution < -0.4 is 19.5 Å². The molecule has 4 rings (SSSR count). The molecular weight excluding hydrogens is 477 g/mol. The van der Waals surface area contributed by atoms with Crippen molar-refractivity contribution in [3.05, 3.63) is 47.5 Å². The molecule has 0 spiro atoms. The Morgan fingerprint density at radius 3 is 2.46 bits per heavy atom. The van der Waals surface area contributed by atoms with Gasteiger partial charge < -0.3 is 19.5 Å². The van der Waals surface area contributed by atoms with Crippen molar-refractivity contribution in [2.45, 2.75) is 25.1 Å². The van der Waals surface area contributed by atoms with E-state index in [2.05, 4.69) is 20.4 Å². The summed E-state index contributed by atoms with van der Waals surface area (Å²) in [5, 5.41) is 7.45. The first-order valence-corrected chi connectivity index (χ1v) is 12.7. The van der Waals surface area contributed by atoms with Crippen molar-refractivity contribution in [1.82, 2.24) is 19.6 Å². The molecule has 4 aromatic rings. The lowest BCUT2D eigenvalue weighted by molar-refractivity contribution is 0.387. The number of hydrogen-bond donors (Lipinski definition) is 1. The zero-order chi connectivity index (χ0) is 25.3. The minimum absolute atomic E-state index is 0.0440. The van der Waals surface area contributed by atoms with Crippen molar-refractivity contribution >= 4 is 32.3 Å². The van der Waals surface area contributed by atoms with Crippen molar-refractivity contribution in [3.8, 4) is 17.2 Å². The first-order valence-electron chi connectivity index (χ1n) is 10.7. The van der Waals surface area contributed by atoms with Gasteiger partial charge in [-0.15, -0.1) is 5.10 Å². The molecule has 0 bridgehead atoms. The van der Waals surface area contributed by atoms with E-state index < -0.39 is 20.9 Å². The Bertz CT molecular complexity index is 1510. The van der Waals surface area contributed by atoms with Crippen LogP contribution in [0.1, 0.15) is 18.3 Å². The molecule has 2 heterocycles. The van der Waals surface area contributed by atoms with E-state index in [1.807, 2.05) is 12.1 Å². The average molecular weight is 504 g/mol. The second-order valence-electron chi connectivity index (χ2n) is 8.08. The third-order valence-corrected chi connectivity index (χ3v) is 7.35. The van der Waals surface area contributed by atoms with Crippen molar-refractivity contribution in [3.63, 3.8) is 0 Å². The van der Waals surface area contributed by atoms with Crippen LogP contribution in [0, 0.1) is 5.82 Å². The Morgan fingerprint density at radius 1 is 1.06 bits per heavy atom. The zero-order valence-corrected chi connectivity index (χ0v) is 20.8. The number of sulfone groups is 1. The normalized spacial score (nSPS) is 12.6. The monoisotopic (exact) mass is 503 g/mol. The zero-order valence-electron chi connectivity index (χ0n) is 20.0. The Balaban J connectivity index is 1.80. The number of anilines is 1. The second-order valence-corrected chi connectivity index (χ2v) is 10.5. The number of methoxy groups -OCH3 is 3. The highest BCUT2D eigenvalue weighted by Crippen LogP contribution is 2.29. The lowest BCUT2D eigenvalue weighted by atomic mass is 10.2. The fraction of sp³-hybridized carbons (Fsp3) is 0.348. The molecule has 2 aromatic heterocycles. The molecule has 12 heteroatoms. The van der Waals surface area contributed by atoms with Crippen LogP contribution in [0.3, 0.4) is 0 Å². The summed E-state index contributed by atoms with van der Waals surface area (Å²) in [5.74, 6) is 1.40. The highest BCUT2D eigenvalue weighted by atomic mass is 32.2. The molecule has 0 aliphatic rings. The Morgan fingerprint density at radius 2 is 1.80 bits per heavy atom. The highest BCUT2D eigenvalue weighted by Gasteiger charge is 2.21. The maximum Gasteiger partial charge on any atom is 0.226 e. The third kappa shape index (κ3) is 4.92. The summed E-state index contributed by atoms with van der Waals surface area (Å²) in [6.45, 7) is 1.92. The molecule has 0 aliphatic heterocycles. The van der Waals surface area contributed by atoms with E-state index in [1.54, 1.807) is 27.2 Å². The molecule has 0 fully saturated rings. The third-order valence-electron chi connectivity index (χ3n) is 5.72. The lowest BCUT2D eigenvalue weighted by Crippen LogP contribution is -2.19. The molecule has 1 N–H and O–H groups in total. The summed E-state index contributed by atoms with van der Waals surface area (Å²) >= 11 is 0. The molecule has 0 saturated heterocycles. The van der Waals surface area contributed by atoms with Gasteiger partial charge in [-0.1, -0.05) is 0 Å². The molecular formula is C23H26FN5O5S. The standard InChI is InChI=1S/C23H26FN5O5S/c1-13(35(5,30)31)8-21-27-22-16-10-17(24)20(34-4)11-18(16)26-23(29(22)28-21)25-12-14-6-7-15(32-2)9-19(14)33-3/h6-7,9-11,13H,8,12H2,1-5H3,(H,25,26). The number of fused-ring (bicyclic) bond motifs is 3. The molecule has 35 heavy (non-hydrogen) atoms. The van der Waals surface area contributed by atoms with E-state index in [9.17, 15) is 12.8 Å². The average Bonchev–Trinajstić information content (AvgIpc) is 3.25. The van der Waals surface area contributed by atoms with Crippen LogP contribution in [0.25, 0.3) is 16.6 Å². The van der Waals surface area contributed by atoms with E-state index in [-0.39, 0.29) is 12.2 Å². The quantitative estimate of drug-likeness (QED) is 0.368. The maximum atomic E-state index is 14.5. The van der Waals surface area contributed by atoms with Crippen LogP contribution in [-0.2, 0) is 22.8 Å². The smallest absolute Gasteiger partial charge is 0.226 e. The van der Waals surface area contributed by atoms with Gasteiger partial charge in [0.15, 0.2) is 23.0 Å². The molecule has 2 aromatic carbocycles. The number of halogens is 1. The van der Waals surface area contributed by atoms with Gasteiger partial charge >= 0.3 is 0 Å². The summed E-state index contributed by atoms with van der Waals surface area (Å²) < 4.78 is 55.7. The van der Waals surface area contributed by atoms with E-state index in [0.29, 0.717) is 46.4 Å². The Labute approximate surface area is 202 Å². The second kappa shape index (κ2) is 9.53. The van der Waals surface area contributed by atoms with E-state index in [1.165, 1.54) is 30.0 Å². The van der Waals surface area contributed by atoms with Crippen molar-refractivity contribution in [1.29, 1.82) is 0 Å². The van der Waals surface area contributed by atoms with Gasteiger partial charge in [0.25, 0.3) is 0 Å². The number of hydrogen-bond acceptors (Lipinski definition) is 9. The molecule has 1 unspecified atom stereocenters. The minimum atomic E-state index is -3.29. The molecule has 1 atom stereocenters. The SMILES string of the molecule is COc1ccc(CNc2nc3cc(OC)c(F)cc3c3nc(CC(C)S(C)(=O)=O)nn23)c(OC)c1. The van der Waals surface area contributed by atoms with Crippen molar-refractivity contribution in [2.24, 2.45) is 0 Å². The number of benzene rings is 2. The van der Waals surface area contributed by atoms with Crippen LogP contribution in [0.5, 0.6) is 17.2 Å². The first kappa shape index (κ1) is 24.5. The topological polar surface area (TPSA) is 117 Å². The lowest BCUT2D eigenvalue weighted by Gasteiger charge is -2.13. The van der Waals surface area contributed by atoms with Gasteiger partial charge in [-0.3, -0.25) is 0 Å². The van der Waals surface area contributed by atoms with Crippen molar-refractivity contribution in [2.75, 3.05) is 32.9 Å². The largest absolute Gasteiger partial charge is 0.497 e. The minimum Gasteiger partial charge on any atom is -0.497 e. The van der Waals surface area contributed by atoms with Gasteiger partial charge in [-0.05, 0) is 25.1 Å². The van der Waals surface area contributed by atoms with E-state index in [0.717, 1.165) is 5.56 Å². The van der Waals surface area contributed by atoms with Crippen LogP contribution >= 0.6 is 0 Å². The molecule has 186 valence electrons. The van der Waals surface area contributed by atoms with Gasteiger partial charge in [0.2, 0.25) is 5.95 Å². The number of ether oxygens (including phenoxy) is 3. The molecule has 0 amide bonds. The number of aromatic nitrogens is 4. The number of rotatable bonds is 9. The van der Waals surface area contributed by atoms with Gasteiger partial charge in [0.1, 0.15) is 21.3 Å².